The minimum absolute atomic E-state index is 0.915. The number of nitrogens with one attached hydrogen (secondary N) is 2. The number of nitrogens with zero attached hydrogens (tertiary/aromatic N) is 6. The maximum Gasteiger partial charge on any atom is 0.526 e. The summed E-state index contributed by atoms with van der Waals surface area (Å²) in [6.45, 7) is 0. The molecule has 37 heavy (non-hydrogen) atoms. The van der Waals surface area contributed by atoms with E-state index < -0.39 is 8.72 Å². The highest BCUT2D eigenvalue weighted by molar-refractivity contribution is 6.89. The number of benzene rings is 4. The van der Waals surface area contributed by atoms with Crippen LogP contribution in [0.25, 0.3) is 33.7 Å². The minimum Gasteiger partial charge on any atom is -0.337 e. The number of imidazole rings is 2. The van der Waals surface area contributed by atoms with Gasteiger partial charge in [0.15, 0.2) is 11.6 Å². The van der Waals surface area contributed by atoms with Crippen molar-refractivity contribution >= 4 is 53.5 Å². The summed E-state index contributed by atoms with van der Waals surface area (Å²) < 4.78 is 10.1. The maximum absolute atomic E-state index is 5.19. The third kappa shape index (κ3) is 1.84. The second-order valence-corrected chi connectivity index (χ2v) is 12.8. The third-order valence-corrected chi connectivity index (χ3v) is 12.2. The summed E-state index contributed by atoms with van der Waals surface area (Å²) in [6, 6.07) is 34.1. The van der Waals surface area contributed by atoms with Crippen LogP contribution in [-0.4, -0.2) is 27.2 Å². The van der Waals surface area contributed by atoms with Crippen molar-refractivity contribution < 1.29 is 0 Å². The van der Waals surface area contributed by atoms with E-state index in [0.717, 1.165) is 56.7 Å². The van der Waals surface area contributed by atoms with Crippen LogP contribution in [0.5, 0.6) is 0 Å². The quantitative estimate of drug-likeness (QED) is 0.283. The van der Waals surface area contributed by atoms with Crippen LogP contribution in [-0.2, 0) is 0 Å². The Morgan fingerprint density at radius 1 is 0.514 bits per heavy atom. The summed E-state index contributed by atoms with van der Waals surface area (Å²) in [4.78, 5) is 10.4. The number of para-hydroxylation sites is 8. The lowest BCUT2D eigenvalue weighted by Gasteiger charge is -2.39. The average Bonchev–Trinajstić information content (AvgIpc) is 3.74. The van der Waals surface area contributed by atoms with Crippen molar-refractivity contribution in [3.63, 3.8) is 0 Å². The van der Waals surface area contributed by atoms with Gasteiger partial charge in [0.25, 0.3) is 0 Å². The Hall–Kier alpha value is -5.02. The van der Waals surface area contributed by atoms with Gasteiger partial charge in [0.2, 0.25) is 0 Å². The fraction of sp³-hybridized carbons (Fsp3) is 0. The molecule has 8 nitrogen and oxygen atoms in total. The van der Waals surface area contributed by atoms with Gasteiger partial charge < -0.3 is 10.6 Å². The average molecular weight is 495 g/mol. The highest BCUT2D eigenvalue weighted by Crippen LogP contribution is 2.57. The normalized spacial score (nSPS) is 17.1. The number of anilines is 4. The Bertz CT molecular complexity index is 1890. The first kappa shape index (κ1) is 18.3. The molecule has 10 rings (SSSR count). The number of aromatic nitrogens is 4. The Morgan fingerprint density at radius 2 is 0.946 bits per heavy atom. The molecule has 2 aromatic heterocycles. The van der Waals surface area contributed by atoms with E-state index in [1.807, 2.05) is 0 Å². The number of hydrogen-bond donors (Lipinski definition) is 2. The molecule has 4 aromatic carbocycles. The number of rotatable bonds is 0. The van der Waals surface area contributed by atoms with Crippen molar-refractivity contribution in [2.24, 2.45) is 0 Å². The largest absolute Gasteiger partial charge is 0.526 e. The molecule has 0 saturated heterocycles. The van der Waals surface area contributed by atoms with E-state index in [0.29, 0.717) is 0 Å². The molecule has 9 heteroatoms. The van der Waals surface area contributed by atoms with Crippen LogP contribution in [0.15, 0.2) is 109 Å². The number of fused-ring (bicyclic) bond motifs is 17. The smallest absolute Gasteiger partial charge is 0.337 e. The fourth-order valence-electron chi connectivity index (χ4n) is 6.67. The third-order valence-electron chi connectivity index (χ3n) is 7.99. The zero-order valence-corrected chi connectivity index (χ0v) is 20.4. The van der Waals surface area contributed by atoms with E-state index in [9.17, 15) is 0 Å². The summed E-state index contributed by atoms with van der Waals surface area (Å²) in [5, 5.41) is 7.53. The SMILES string of the molecule is c1ccc2c(c1)NC1=C3Nc4ccccc4N3[Si]3(N12)n1c(nc2ccccc21)-c1nc2ccccc2n13. The molecule has 4 aliphatic heterocycles. The van der Waals surface area contributed by atoms with Gasteiger partial charge in [-0.25, -0.2) is 9.97 Å². The van der Waals surface area contributed by atoms with Gasteiger partial charge in [-0.3, -0.25) is 17.6 Å². The van der Waals surface area contributed by atoms with Gasteiger partial charge >= 0.3 is 8.72 Å². The monoisotopic (exact) mass is 494 g/mol. The van der Waals surface area contributed by atoms with E-state index in [4.69, 9.17) is 9.97 Å². The van der Waals surface area contributed by atoms with Gasteiger partial charge in [0.1, 0.15) is 11.6 Å². The topological polar surface area (TPSA) is 66.2 Å². The van der Waals surface area contributed by atoms with Gasteiger partial charge in [-0.15, -0.1) is 0 Å². The van der Waals surface area contributed by atoms with Gasteiger partial charge in [-0.05, 0) is 48.5 Å². The lowest BCUT2D eigenvalue weighted by atomic mass is 10.3. The summed E-state index contributed by atoms with van der Waals surface area (Å²) >= 11 is 0. The molecule has 4 aliphatic rings. The van der Waals surface area contributed by atoms with Crippen molar-refractivity contribution in [1.82, 2.24) is 18.4 Å². The van der Waals surface area contributed by atoms with E-state index in [-0.39, 0.29) is 0 Å². The van der Waals surface area contributed by atoms with Crippen LogP contribution in [0, 0.1) is 0 Å². The van der Waals surface area contributed by atoms with Gasteiger partial charge in [-0.1, -0.05) is 48.5 Å². The summed E-state index contributed by atoms with van der Waals surface area (Å²) in [6.07, 6.45) is 0. The summed E-state index contributed by atoms with van der Waals surface area (Å²) in [5.41, 5.74) is 8.76. The highest BCUT2D eigenvalue weighted by Gasteiger charge is 2.70. The van der Waals surface area contributed by atoms with Crippen molar-refractivity contribution in [2.45, 2.75) is 0 Å². The van der Waals surface area contributed by atoms with Crippen molar-refractivity contribution in [3.05, 3.63) is 109 Å². The zero-order chi connectivity index (χ0) is 23.9. The first-order valence-electron chi connectivity index (χ1n) is 12.4. The molecule has 0 radical (unpaired) electrons. The van der Waals surface area contributed by atoms with E-state index in [2.05, 4.69) is 125 Å². The number of hydrogen-bond acceptors (Lipinski definition) is 6. The van der Waals surface area contributed by atoms with Crippen LogP contribution in [0.1, 0.15) is 0 Å². The van der Waals surface area contributed by atoms with Crippen LogP contribution in [0.2, 0.25) is 0 Å². The molecule has 0 bridgehead atoms. The summed E-state index contributed by atoms with van der Waals surface area (Å²) in [5.74, 6) is 3.97. The Morgan fingerprint density at radius 3 is 1.46 bits per heavy atom. The molecule has 0 unspecified atom stereocenters. The second kappa shape index (κ2) is 5.85. The first-order chi connectivity index (χ1) is 18.4. The Labute approximate surface area is 212 Å². The van der Waals surface area contributed by atoms with Crippen molar-refractivity contribution in [1.29, 1.82) is 0 Å². The first-order valence-corrected chi connectivity index (χ1v) is 14.2. The maximum atomic E-state index is 5.19. The summed E-state index contributed by atoms with van der Waals surface area (Å²) in [7, 11) is -3.12. The Balaban J connectivity index is 1.45. The lowest BCUT2D eigenvalue weighted by molar-refractivity contribution is 1.04. The molecular formula is C28H18N8Si. The molecule has 2 N–H and O–H groups in total. The molecule has 1 spiro atoms. The lowest BCUT2D eigenvalue weighted by Crippen LogP contribution is -2.69. The molecule has 0 fully saturated rings. The predicted molar refractivity (Wildman–Crippen MR) is 147 cm³/mol. The standard InChI is InChI=1S/C28H18N8Si/c1-5-13-21-17(9-1)29-25-26-30-18-10-2-6-14-22(18)34(26)37(33(21)25)35-23-15-7-3-11-19(23)31-27(35)28-32-20-12-4-8-16-24(20)36(28)37/h1-16,29-30H. The molecule has 6 heterocycles. The molecule has 6 aromatic rings. The predicted octanol–water partition coefficient (Wildman–Crippen LogP) is 5.20. The molecule has 174 valence electrons. The van der Waals surface area contributed by atoms with Gasteiger partial charge in [-0.2, -0.15) is 0 Å². The van der Waals surface area contributed by atoms with Crippen LogP contribution in [0.3, 0.4) is 0 Å². The molecule has 0 amide bonds. The van der Waals surface area contributed by atoms with Crippen molar-refractivity contribution in [3.8, 4) is 11.6 Å². The van der Waals surface area contributed by atoms with Gasteiger partial charge in [0.05, 0.1) is 44.8 Å². The molecule has 0 atom stereocenters. The Kier molecular flexibility index (Phi) is 2.89. The van der Waals surface area contributed by atoms with E-state index in [1.54, 1.807) is 0 Å². The van der Waals surface area contributed by atoms with Crippen LogP contribution >= 0.6 is 0 Å². The van der Waals surface area contributed by atoms with Gasteiger partial charge in [0, 0.05) is 0 Å². The van der Waals surface area contributed by atoms with E-state index in [1.165, 1.54) is 11.4 Å². The zero-order valence-electron chi connectivity index (χ0n) is 19.4. The molecule has 0 aliphatic carbocycles. The molecule has 0 saturated carbocycles. The van der Waals surface area contributed by atoms with Crippen LogP contribution in [0.4, 0.5) is 22.7 Å². The van der Waals surface area contributed by atoms with E-state index >= 15 is 0 Å². The molecular weight excluding hydrogens is 476 g/mol. The highest BCUT2D eigenvalue weighted by atomic mass is 28.4. The fourth-order valence-corrected chi connectivity index (χ4v) is 11.7. The minimum atomic E-state index is -3.12. The van der Waals surface area contributed by atoms with Crippen LogP contribution < -0.4 is 19.8 Å². The second-order valence-electron chi connectivity index (χ2n) is 9.77. The van der Waals surface area contributed by atoms with Crippen molar-refractivity contribution in [2.75, 3.05) is 19.8 Å².